The standard InChI is InChI=1S/C16H16F3N3OS/c17-16(18,19)11-8-24-14-6-20-12(5-10(11)14)15(23)21-13-7-22-3-1-9(13)2-4-22/h5-6,8-9,13H,1-4,7H2,(H,21,23)/t13-/m0/s1. The van der Waals surface area contributed by atoms with E-state index in [0.717, 1.165) is 49.2 Å². The molecule has 4 nitrogen and oxygen atoms in total. The van der Waals surface area contributed by atoms with Gasteiger partial charge in [0.15, 0.2) is 0 Å². The van der Waals surface area contributed by atoms with Gasteiger partial charge in [0.2, 0.25) is 0 Å². The number of halogens is 3. The number of pyridine rings is 1. The number of carbonyl (C=O) groups excluding carboxylic acids is 1. The Morgan fingerprint density at radius 1 is 1.33 bits per heavy atom. The molecule has 0 aromatic carbocycles. The van der Waals surface area contributed by atoms with Crippen molar-refractivity contribution in [1.29, 1.82) is 0 Å². The van der Waals surface area contributed by atoms with Crippen LogP contribution in [0.1, 0.15) is 28.9 Å². The maximum Gasteiger partial charge on any atom is 0.417 e. The second kappa shape index (κ2) is 5.70. The molecule has 3 aliphatic rings. The topological polar surface area (TPSA) is 45.2 Å². The first-order chi connectivity index (χ1) is 11.4. The number of alkyl halides is 3. The summed E-state index contributed by atoms with van der Waals surface area (Å²) in [5.41, 5.74) is -0.662. The third kappa shape index (κ3) is 2.77. The minimum Gasteiger partial charge on any atom is -0.346 e. The highest BCUT2D eigenvalue weighted by molar-refractivity contribution is 7.17. The quantitative estimate of drug-likeness (QED) is 0.900. The molecule has 2 bridgehead atoms. The van der Waals surface area contributed by atoms with Gasteiger partial charge in [-0.25, -0.2) is 4.98 Å². The average molecular weight is 355 g/mol. The van der Waals surface area contributed by atoms with E-state index in [1.165, 1.54) is 12.3 Å². The molecule has 2 aromatic rings. The van der Waals surface area contributed by atoms with Gasteiger partial charge in [-0.1, -0.05) is 0 Å². The van der Waals surface area contributed by atoms with Crippen LogP contribution in [0.4, 0.5) is 13.2 Å². The summed E-state index contributed by atoms with van der Waals surface area (Å²) in [6.07, 6.45) is -0.968. The molecule has 1 amide bonds. The lowest BCUT2D eigenvalue weighted by atomic mass is 9.84. The summed E-state index contributed by atoms with van der Waals surface area (Å²) in [6.45, 7) is 2.93. The van der Waals surface area contributed by atoms with Crippen LogP contribution in [0.25, 0.3) is 10.1 Å². The third-order valence-electron chi connectivity index (χ3n) is 4.97. The number of nitrogens with zero attached hydrogens (tertiary/aromatic N) is 2. The molecule has 3 aliphatic heterocycles. The fourth-order valence-electron chi connectivity index (χ4n) is 3.65. The maximum absolute atomic E-state index is 13.0. The summed E-state index contributed by atoms with van der Waals surface area (Å²) in [7, 11) is 0. The number of aromatic nitrogens is 1. The van der Waals surface area contributed by atoms with Crippen LogP contribution in [0.3, 0.4) is 0 Å². The van der Waals surface area contributed by atoms with Crippen LogP contribution < -0.4 is 5.32 Å². The number of carbonyl (C=O) groups is 1. The second-order valence-corrected chi connectivity index (χ2v) is 7.34. The van der Waals surface area contributed by atoms with Gasteiger partial charge in [-0.2, -0.15) is 13.2 Å². The lowest BCUT2D eigenvalue weighted by Crippen LogP contribution is -2.57. The van der Waals surface area contributed by atoms with Crippen molar-refractivity contribution < 1.29 is 18.0 Å². The molecular formula is C16H16F3N3OS. The Labute approximate surface area is 140 Å². The number of piperidine rings is 3. The van der Waals surface area contributed by atoms with Crippen molar-refractivity contribution in [2.45, 2.75) is 25.1 Å². The first-order valence-electron chi connectivity index (χ1n) is 7.89. The SMILES string of the molecule is O=C(N[C@H]1CN2CCC1CC2)c1cc2c(C(F)(F)F)csc2cn1. The van der Waals surface area contributed by atoms with Crippen molar-refractivity contribution in [3.05, 3.63) is 28.9 Å². The van der Waals surface area contributed by atoms with Crippen molar-refractivity contribution in [2.24, 2.45) is 5.92 Å². The van der Waals surface area contributed by atoms with Crippen LogP contribution in [0.5, 0.6) is 0 Å². The Hall–Kier alpha value is -1.67. The van der Waals surface area contributed by atoms with Gasteiger partial charge in [0.25, 0.3) is 5.91 Å². The molecule has 3 fully saturated rings. The molecular weight excluding hydrogens is 339 g/mol. The number of fused-ring (bicyclic) bond motifs is 4. The molecule has 24 heavy (non-hydrogen) atoms. The Bertz CT molecular complexity index is 780. The molecule has 3 saturated heterocycles. The lowest BCUT2D eigenvalue weighted by Gasteiger charge is -2.44. The minimum absolute atomic E-state index is 0.0431. The molecule has 1 N–H and O–H groups in total. The van der Waals surface area contributed by atoms with Gasteiger partial charge in [0.05, 0.1) is 10.3 Å². The zero-order chi connectivity index (χ0) is 16.9. The Morgan fingerprint density at radius 2 is 2.08 bits per heavy atom. The van der Waals surface area contributed by atoms with Gasteiger partial charge in [-0.3, -0.25) is 4.79 Å². The van der Waals surface area contributed by atoms with Crippen LogP contribution in [0.15, 0.2) is 17.6 Å². The van der Waals surface area contributed by atoms with Gasteiger partial charge < -0.3 is 10.2 Å². The average Bonchev–Trinajstić information content (AvgIpc) is 2.99. The van der Waals surface area contributed by atoms with Crippen molar-refractivity contribution >= 4 is 27.3 Å². The molecule has 5 rings (SSSR count). The summed E-state index contributed by atoms with van der Waals surface area (Å²) in [4.78, 5) is 18.8. The number of hydrogen-bond acceptors (Lipinski definition) is 4. The van der Waals surface area contributed by atoms with Crippen molar-refractivity contribution in [3.8, 4) is 0 Å². The van der Waals surface area contributed by atoms with E-state index in [2.05, 4.69) is 15.2 Å². The van der Waals surface area contributed by atoms with Gasteiger partial charge in [0, 0.05) is 29.5 Å². The van der Waals surface area contributed by atoms with Crippen LogP contribution in [0.2, 0.25) is 0 Å². The van der Waals surface area contributed by atoms with E-state index in [9.17, 15) is 18.0 Å². The Balaban J connectivity index is 1.58. The lowest BCUT2D eigenvalue weighted by molar-refractivity contribution is -0.136. The third-order valence-corrected chi connectivity index (χ3v) is 5.90. The minimum atomic E-state index is -4.43. The predicted octanol–water partition coefficient (Wildman–Crippen LogP) is 3.14. The molecule has 8 heteroatoms. The maximum atomic E-state index is 13.0. The fraction of sp³-hybridized carbons (Fsp3) is 0.500. The number of thiophene rings is 1. The smallest absolute Gasteiger partial charge is 0.346 e. The van der Waals surface area contributed by atoms with Gasteiger partial charge in [-0.05, 0) is 37.9 Å². The van der Waals surface area contributed by atoms with Gasteiger partial charge in [-0.15, -0.1) is 11.3 Å². The Morgan fingerprint density at radius 3 is 2.71 bits per heavy atom. The Kier molecular flexibility index (Phi) is 3.76. The highest BCUT2D eigenvalue weighted by atomic mass is 32.1. The van der Waals surface area contributed by atoms with Crippen LogP contribution in [-0.2, 0) is 6.18 Å². The number of hydrogen-bond donors (Lipinski definition) is 1. The van der Waals surface area contributed by atoms with E-state index in [0.29, 0.717) is 10.6 Å². The van der Waals surface area contributed by atoms with Crippen molar-refractivity contribution in [1.82, 2.24) is 15.2 Å². The summed E-state index contributed by atoms with van der Waals surface area (Å²) in [6, 6.07) is 1.31. The van der Waals surface area contributed by atoms with Gasteiger partial charge >= 0.3 is 6.18 Å². The number of nitrogens with one attached hydrogen (secondary N) is 1. The van der Waals surface area contributed by atoms with E-state index in [1.54, 1.807) is 0 Å². The summed E-state index contributed by atoms with van der Waals surface area (Å²) < 4.78 is 39.5. The second-order valence-electron chi connectivity index (χ2n) is 6.43. The summed E-state index contributed by atoms with van der Waals surface area (Å²) in [5.74, 6) is 0.0598. The predicted molar refractivity (Wildman–Crippen MR) is 85.0 cm³/mol. The normalized spacial score (nSPS) is 26.7. The molecule has 2 aromatic heterocycles. The first-order valence-corrected chi connectivity index (χ1v) is 8.77. The molecule has 0 radical (unpaired) electrons. The fourth-order valence-corrected chi connectivity index (χ4v) is 4.56. The molecule has 0 unspecified atom stereocenters. The van der Waals surface area contributed by atoms with Crippen LogP contribution >= 0.6 is 11.3 Å². The van der Waals surface area contributed by atoms with E-state index in [4.69, 9.17) is 0 Å². The largest absolute Gasteiger partial charge is 0.417 e. The zero-order valence-electron chi connectivity index (χ0n) is 12.8. The van der Waals surface area contributed by atoms with Crippen molar-refractivity contribution in [3.63, 3.8) is 0 Å². The van der Waals surface area contributed by atoms with E-state index < -0.39 is 17.6 Å². The van der Waals surface area contributed by atoms with Crippen LogP contribution in [0, 0.1) is 5.92 Å². The summed E-state index contributed by atoms with van der Waals surface area (Å²) in [5, 5.41) is 4.07. The van der Waals surface area contributed by atoms with E-state index in [-0.39, 0.29) is 17.1 Å². The van der Waals surface area contributed by atoms with E-state index >= 15 is 0 Å². The molecule has 0 aliphatic carbocycles. The van der Waals surface area contributed by atoms with Crippen molar-refractivity contribution in [2.75, 3.05) is 19.6 Å². The first kappa shape index (κ1) is 15.8. The monoisotopic (exact) mass is 355 g/mol. The number of rotatable bonds is 2. The zero-order valence-corrected chi connectivity index (χ0v) is 13.6. The van der Waals surface area contributed by atoms with E-state index in [1.807, 2.05) is 0 Å². The van der Waals surface area contributed by atoms with Gasteiger partial charge in [0.1, 0.15) is 5.69 Å². The highest BCUT2D eigenvalue weighted by Crippen LogP contribution is 2.38. The highest BCUT2D eigenvalue weighted by Gasteiger charge is 2.36. The van der Waals surface area contributed by atoms with Crippen LogP contribution in [-0.4, -0.2) is 41.5 Å². The molecule has 0 saturated carbocycles. The molecule has 1 atom stereocenters. The molecule has 5 heterocycles. The summed E-state index contributed by atoms with van der Waals surface area (Å²) >= 11 is 0.986. The molecule has 128 valence electrons. The number of amides is 1. The molecule has 0 spiro atoms.